The molecule has 1 aromatic rings. The van der Waals surface area contributed by atoms with Crippen molar-refractivity contribution in [1.29, 1.82) is 0 Å². The lowest BCUT2D eigenvalue weighted by molar-refractivity contribution is 0.627. The lowest BCUT2D eigenvalue weighted by atomic mass is 10.1. The van der Waals surface area contributed by atoms with E-state index < -0.39 is 0 Å². The smallest absolute Gasteiger partial charge is 0.0406 e. The van der Waals surface area contributed by atoms with Crippen LogP contribution in [0.4, 0.5) is 0 Å². The molecule has 0 saturated heterocycles. The van der Waals surface area contributed by atoms with E-state index in [9.17, 15) is 0 Å². The Bertz CT molecular complexity index is 329. The Labute approximate surface area is 121 Å². The Balaban J connectivity index is 2.02. The van der Waals surface area contributed by atoms with Crippen LogP contribution in [0.15, 0.2) is 29.7 Å². The quantitative estimate of drug-likeness (QED) is 0.472. The molecule has 0 nitrogen and oxygen atoms in total. The molecule has 0 aliphatic rings. The summed E-state index contributed by atoms with van der Waals surface area (Å²) in [6, 6.07) is 7.95. The first kappa shape index (κ1) is 15.7. The molecule has 0 bridgehead atoms. The summed E-state index contributed by atoms with van der Waals surface area (Å²) in [5.74, 6) is 1.23. The highest BCUT2D eigenvalue weighted by Gasteiger charge is 1.90. The summed E-state index contributed by atoms with van der Waals surface area (Å²) in [5.41, 5.74) is 1.22. The van der Waals surface area contributed by atoms with Crippen molar-refractivity contribution in [3.05, 3.63) is 40.3 Å². The van der Waals surface area contributed by atoms with Crippen LogP contribution in [0.5, 0.6) is 0 Å². The van der Waals surface area contributed by atoms with Crippen LogP contribution in [-0.2, 0) is 0 Å². The van der Waals surface area contributed by atoms with Gasteiger partial charge in [-0.25, -0.2) is 0 Å². The van der Waals surface area contributed by atoms with E-state index in [4.69, 9.17) is 11.6 Å². The number of hydrogen-bond donors (Lipinski definition) is 0. The SMILES string of the molecule is CCCCCCCCS/C=C\c1ccc(Cl)cc1. The molecule has 0 N–H and O–H groups in total. The van der Waals surface area contributed by atoms with E-state index in [0.717, 1.165) is 5.02 Å². The first-order valence-corrected chi connectivity index (χ1v) is 8.29. The number of benzene rings is 1. The molecule has 0 aliphatic carbocycles. The molecule has 0 unspecified atom stereocenters. The number of halogens is 1. The van der Waals surface area contributed by atoms with Gasteiger partial charge in [-0.1, -0.05) is 62.8 Å². The Morgan fingerprint density at radius 3 is 2.39 bits per heavy atom. The molecular formula is C16H23ClS. The summed E-state index contributed by atoms with van der Waals surface area (Å²) in [6.07, 6.45) is 10.4. The normalized spacial score (nSPS) is 11.2. The van der Waals surface area contributed by atoms with Gasteiger partial charge < -0.3 is 0 Å². The summed E-state index contributed by atoms with van der Waals surface area (Å²) in [7, 11) is 0. The van der Waals surface area contributed by atoms with Crippen LogP contribution in [-0.4, -0.2) is 5.75 Å². The minimum absolute atomic E-state index is 0.798. The van der Waals surface area contributed by atoms with E-state index in [2.05, 4.69) is 18.4 Å². The van der Waals surface area contributed by atoms with Gasteiger partial charge in [0.05, 0.1) is 0 Å². The second-order valence-electron chi connectivity index (χ2n) is 4.49. The third kappa shape index (κ3) is 7.84. The van der Waals surface area contributed by atoms with Crippen molar-refractivity contribution in [3.8, 4) is 0 Å². The van der Waals surface area contributed by atoms with E-state index in [1.54, 1.807) is 0 Å². The van der Waals surface area contributed by atoms with Crippen LogP contribution < -0.4 is 0 Å². The Morgan fingerprint density at radius 1 is 1.00 bits per heavy atom. The molecule has 0 aromatic heterocycles. The number of hydrogen-bond acceptors (Lipinski definition) is 1. The Kier molecular flexibility index (Phi) is 9.15. The lowest BCUT2D eigenvalue weighted by Gasteiger charge is -1.99. The number of thioether (sulfide) groups is 1. The predicted molar refractivity (Wildman–Crippen MR) is 86.3 cm³/mol. The topological polar surface area (TPSA) is 0 Å². The van der Waals surface area contributed by atoms with Crippen molar-refractivity contribution in [3.63, 3.8) is 0 Å². The minimum atomic E-state index is 0.798. The van der Waals surface area contributed by atoms with Crippen molar-refractivity contribution in [2.75, 3.05) is 5.75 Å². The van der Waals surface area contributed by atoms with Gasteiger partial charge in [0.1, 0.15) is 0 Å². The molecule has 0 amide bonds. The van der Waals surface area contributed by atoms with Crippen molar-refractivity contribution < 1.29 is 0 Å². The summed E-state index contributed by atoms with van der Waals surface area (Å²) in [5, 5.41) is 2.99. The molecule has 18 heavy (non-hydrogen) atoms. The molecule has 0 radical (unpaired) electrons. The lowest BCUT2D eigenvalue weighted by Crippen LogP contribution is -1.80. The highest BCUT2D eigenvalue weighted by Crippen LogP contribution is 2.14. The van der Waals surface area contributed by atoms with Crippen LogP contribution in [0.3, 0.4) is 0 Å². The molecule has 100 valence electrons. The molecule has 0 fully saturated rings. The average molecular weight is 283 g/mol. The van der Waals surface area contributed by atoms with Crippen LogP contribution in [0, 0.1) is 0 Å². The van der Waals surface area contributed by atoms with Crippen LogP contribution in [0.1, 0.15) is 51.0 Å². The zero-order chi connectivity index (χ0) is 13.1. The fraction of sp³-hybridized carbons (Fsp3) is 0.500. The predicted octanol–water partition coefficient (Wildman–Crippen LogP) is 6.40. The first-order chi connectivity index (χ1) is 8.83. The molecule has 2 heteroatoms. The van der Waals surface area contributed by atoms with E-state index in [0.29, 0.717) is 0 Å². The second-order valence-corrected chi connectivity index (χ2v) is 5.94. The maximum absolute atomic E-state index is 5.84. The molecule has 0 heterocycles. The Morgan fingerprint density at radius 2 is 1.67 bits per heavy atom. The van der Waals surface area contributed by atoms with Gasteiger partial charge in [0, 0.05) is 5.02 Å². The molecular weight excluding hydrogens is 260 g/mol. The van der Waals surface area contributed by atoms with E-state index in [-0.39, 0.29) is 0 Å². The molecule has 0 atom stereocenters. The van der Waals surface area contributed by atoms with E-state index >= 15 is 0 Å². The molecule has 0 aliphatic heterocycles. The summed E-state index contributed by atoms with van der Waals surface area (Å²) < 4.78 is 0. The van der Waals surface area contributed by atoms with Crippen LogP contribution in [0.25, 0.3) is 6.08 Å². The monoisotopic (exact) mass is 282 g/mol. The van der Waals surface area contributed by atoms with Crippen molar-refractivity contribution in [1.82, 2.24) is 0 Å². The Hall–Kier alpha value is -0.400. The second kappa shape index (κ2) is 10.5. The molecule has 0 spiro atoms. The zero-order valence-electron chi connectivity index (χ0n) is 11.2. The third-order valence-electron chi connectivity index (χ3n) is 2.84. The summed E-state index contributed by atoms with van der Waals surface area (Å²) in [4.78, 5) is 0. The first-order valence-electron chi connectivity index (χ1n) is 6.86. The van der Waals surface area contributed by atoms with E-state index in [1.165, 1.54) is 49.8 Å². The van der Waals surface area contributed by atoms with Gasteiger partial charge in [-0.3, -0.25) is 0 Å². The largest absolute Gasteiger partial charge is 0.134 e. The van der Waals surface area contributed by atoms with Crippen LogP contribution in [0.2, 0.25) is 5.02 Å². The van der Waals surface area contributed by atoms with Gasteiger partial charge in [-0.2, -0.15) is 0 Å². The average Bonchev–Trinajstić information content (AvgIpc) is 2.39. The van der Waals surface area contributed by atoms with Crippen molar-refractivity contribution >= 4 is 29.4 Å². The molecule has 1 aromatic carbocycles. The fourth-order valence-electron chi connectivity index (χ4n) is 1.73. The highest BCUT2D eigenvalue weighted by atomic mass is 35.5. The van der Waals surface area contributed by atoms with Gasteiger partial charge in [-0.15, -0.1) is 11.8 Å². The number of unbranched alkanes of at least 4 members (excludes halogenated alkanes) is 5. The van der Waals surface area contributed by atoms with Crippen molar-refractivity contribution in [2.24, 2.45) is 0 Å². The van der Waals surface area contributed by atoms with E-state index in [1.807, 2.05) is 36.0 Å². The minimum Gasteiger partial charge on any atom is -0.134 e. The zero-order valence-corrected chi connectivity index (χ0v) is 12.8. The molecule has 1 rings (SSSR count). The highest BCUT2D eigenvalue weighted by molar-refractivity contribution is 8.02. The maximum atomic E-state index is 5.84. The number of rotatable bonds is 9. The van der Waals surface area contributed by atoms with Crippen LogP contribution >= 0.6 is 23.4 Å². The maximum Gasteiger partial charge on any atom is 0.0406 e. The standard InChI is InChI=1S/C16H23ClS/c1-2-3-4-5-6-7-13-18-14-12-15-8-10-16(17)11-9-15/h8-12,14H,2-7,13H2,1H3/b14-12-. The summed E-state index contributed by atoms with van der Waals surface area (Å²) >= 11 is 7.74. The molecule has 0 saturated carbocycles. The van der Waals surface area contributed by atoms with Gasteiger partial charge >= 0.3 is 0 Å². The van der Waals surface area contributed by atoms with Gasteiger partial charge in [0.25, 0.3) is 0 Å². The van der Waals surface area contributed by atoms with Gasteiger partial charge in [0.2, 0.25) is 0 Å². The van der Waals surface area contributed by atoms with Gasteiger partial charge in [-0.05, 0) is 41.4 Å². The third-order valence-corrected chi connectivity index (χ3v) is 3.95. The summed E-state index contributed by atoms with van der Waals surface area (Å²) in [6.45, 7) is 2.26. The fourth-order valence-corrected chi connectivity index (χ4v) is 2.62. The van der Waals surface area contributed by atoms with Crippen molar-refractivity contribution in [2.45, 2.75) is 45.4 Å². The van der Waals surface area contributed by atoms with Gasteiger partial charge in [0.15, 0.2) is 0 Å².